The maximum Gasteiger partial charge on any atom is 0.272 e. The number of hydrogen-bond acceptors (Lipinski definition) is 8. The molecule has 1 atom stereocenters. The van der Waals surface area contributed by atoms with E-state index in [-0.39, 0.29) is 49.3 Å². The average molecular weight is 563 g/mol. The Morgan fingerprint density at radius 1 is 1.12 bits per heavy atom. The second-order valence-corrected chi connectivity index (χ2v) is 12.8. The quantitative estimate of drug-likeness (QED) is 0.359. The van der Waals surface area contributed by atoms with Gasteiger partial charge in [0.1, 0.15) is 10.4 Å². The van der Waals surface area contributed by atoms with E-state index in [9.17, 15) is 18.0 Å². The van der Waals surface area contributed by atoms with Crippen LogP contribution in [0.1, 0.15) is 28.2 Å². The van der Waals surface area contributed by atoms with Crippen LogP contribution in [0, 0.1) is 0 Å². The van der Waals surface area contributed by atoms with Crippen molar-refractivity contribution in [1.82, 2.24) is 15.4 Å². The second kappa shape index (κ2) is 10.7. The molecule has 4 rings (SSSR count). The van der Waals surface area contributed by atoms with Crippen LogP contribution in [-0.2, 0) is 19.4 Å². The molecule has 2 amide bonds. The van der Waals surface area contributed by atoms with Crippen molar-refractivity contribution in [3.05, 3.63) is 63.6 Å². The highest BCUT2D eigenvalue weighted by Gasteiger charge is 2.50. The van der Waals surface area contributed by atoms with Crippen LogP contribution in [-0.4, -0.2) is 54.2 Å². The predicted octanol–water partition coefficient (Wildman–Crippen LogP) is 4.00. The van der Waals surface area contributed by atoms with E-state index in [1.165, 1.54) is 33.8 Å². The van der Waals surface area contributed by atoms with E-state index in [0.717, 1.165) is 9.75 Å². The number of carbonyl (C=O) groups excluding carboxylic acids is 2. The largest absolute Gasteiger partial charge is 0.336 e. The third-order valence-corrected chi connectivity index (χ3v) is 10.9. The molecule has 3 aromatic heterocycles. The SMILES string of the molecule is Cl.O=C(CC1(c2ccc(-c3ccc(Cl)s3)s2)CCN(C(=O)c2ccccn2)CCS1(=O)=O)NO. The number of nitrogens with zero attached hydrogens (tertiary/aromatic N) is 2. The predicted molar refractivity (Wildman–Crippen MR) is 135 cm³/mol. The lowest BCUT2D eigenvalue weighted by molar-refractivity contribution is -0.129. The van der Waals surface area contributed by atoms with Crippen molar-refractivity contribution in [3.8, 4) is 9.75 Å². The fraction of sp³-hybridized carbons (Fsp3) is 0.286. The third-order valence-electron chi connectivity index (χ3n) is 5.62. The smallest absolute Gasteiger partial charge is 0.272 e. The van der Waals surface area contributed by atoms with Crippen LogP contribution < -0.4 is 5.48 Å². The number of hydrogen-bond donors (Lipinski definition) is 2. The van der Waals surface area contributed by atoms with Gasteiger partial charge in [-0.2, -0.15) is 0 Å². The van der Waals surface area contributed by atoms with E-state index >= 15 is 0 Å². The van der Waals surface area contributed by atoms with E-state index in [1.807, 2.05) is 6.07 Å². The van der Waals surface area contributed by atoms with Gasteiger partial charge in [-0.15, -0.1) is 35.1 Å². The zero-order valence-electron chi connectivity index (χ0n) is 17.6. The molecule has 0 bridgehead atoms. The first-order valence-electron chi connectivity index (χ1n) is 9.97. The Labute approximate surface area is 215 Å². The summed E-state index contributed by atoms with van der Waals surface area (Å²) in [6.45, 7) is 0.102. The van der Waals surface area contributed by atoms with Crippen LogP contribution in [0.3, 0.4) is 0 Å². The minimum absolute atomic E-state index is 0. The molecule has 3 aromatic rings. The number of rotatable bonds is 5. The number of halogens is 2. The molecule has 13 heteroatoms. The normalized spacial score (nSPS) is 19.6. The van der Waals surface area contributed by atoms with Crippen molar-refractivity contribution in [1.29, 1.82) is 0 Å². The van der Waals surface area contributed by atoms with Crippen LogP contribution in [0.5, 0.6) is 0 Å². The first kappa shape index (κ1) is 26.6. The summed E-state index contributed by atoms with van der Waals surface area (Å²) in [6, 6.07) is 12.1. The molecule has 1 fully saturated rings. The summed E-state index contributed by atoms with van der Waals surface area (Å²) in [7, 11) is -3.89. The zero-order valence-corrected chi connectivity index (χ0v) is 21.7. The molecule has 2 N–H and O–H groups in total. The topological polar surface area (TPSA) is 117 Å². The average Bonchev–Trinajstić information content (AvgIpc) is 3.44. The number of pyridine rings is 1. The number of carbonyl (C=O) groups is 2. The molecule has 0 radical (unpaired) electrons. The van der Waals surface area contributed by atoms with E-state index in [2.05, 4.69) is 4.98 Å². The van der Waals surface area contributed by atoms with E-state index in [1.54, 1.807) is 41.9 Å². The molecule has 4 heterocycles. The molecule has 1 aliphatic rings. The Kier molecular flexibility index (Phi) is 8.38. The minimum atomic E-state index is -3.89. The van der Waals surface area contributed by atoms with Crippen molar-refractivity contribution >= 4 is 68.3 Å². The molecule has 182 valence electrons. The molecule has 8 nitrogen and oxygen atoms in total. The van der Waals surface area contributed by atoms with Crippen LogP contribution in [0.25, 0.3) is 9.75 Å². The molecule has 0 aliphatic carbocycles. The van der Waals surface area contributed by atoms with Crippen LogP contribution in [0.15, 0.2) is 48.7 Å². The minimum Gasteiger partial charge on any atom is -0.336 e. The molecule has 0 spiro atoms. The molecule has 1 saturated heterocycles. The second-order valence-electron chi connectivity index (χ2n) is 7.55. The molecular weight excluding hydrogens is 541 g/mol. The first-order valence-corrected chi connectivity index (χ1v) is 13.6. The van der Waals surface area contributed by atoms with Gasteiger partial charge >= 0.3 is 0 Å². The third kappa shape index (κ3) is 5.14. The van der Waals surface area contributed by atoms with Gasteiger partial charge < -0.3 is 4.90 Å². The first-order chi connectivity index (χ1) is 15.8. The summed E-state index contributed by atoms with van der Waals surface area (Å²) in [5, 5.41) is 9.17. The number of nitrogens with one attached hydrogen (secondary N) is 1. The van der Waals surface area contributed by atoms with Crippen LogP contribution in [0.2, 0.25) is 4.34 Å². The lowest BCUT2D eigenvalue weighted by atomic mass is 9.97. The van der Waals surface area contributed by atoms with Gasteiger partial charge in [-0.25, -0.2) is 13.9 Å². The standard InChI is InChI=1S/C21H20ClN3O5S3.ClH/c22-18-7-5-16(32-18)15-4-6-17(31-15)21(13-19(26)24-28)8-10-25(11-12-33(21,29)30)20(27)14-3-1-2-9-23-14;/h1-7,9,28H,8,10-13H2,(H,24,26);1H. The van der Waals surface area contributed by atoms with Crippen molar-refractivity contribution in [2.75, 3.05) is 18.8 Å². The van der Waals surface area contributed by atoms with Gasteiger partial charge in [-0.3, -0.25) is 19.8 Å². The van der Waals surface area contributed by atoms with Gasteiger partial charge in [0.2, 0.25) is 5.91 Å². The summed E-state index contributed by atoms with van der Waals surface area (Å²) in [5.41, 5.74) is 1.79. The van der Waals surface area contributed by atoms with Gasteiger partial charge in [0, 0.05) is 33.9 Å². The molecule has 1 aliphatic heterocycles. The fourth-order valence-corrected chi connectivity index (χ4v) is 8.62. The van der Waals surface area contributed by atoms with Gasteiger partial charge in [-0.05, 0) is 42.8 Å². The molecule has 34 heavy (non-hydrogen) atoms. The van der Waals surface area contributed by atoms with E-state index in [4.69, 9.17) is 16.8 Å². The Bertz CT molecular complexity index is 1280. The number of aromatic nitrogens is 1. The number of thiophene rings is 2. The van der Waals surface area contributed by atoms with Crippen molar-refractivity contribution in [3.63, 3.8) is 0 Å². The number of hydroxylamine groups is 1. The van der Waals surface area contributed by atoms with Crippen LogP contribution >= 0.6 is 46.7 Å². The Balaban J connectivity index is 0.00000324. The summed E-state index contributed by atoms with van der Waals surface area (Å²) >= 11 is 8.69. The molecular formula is C21H21Cl2N3O5S3. The summed E-state index contributed by atoms with van der Waals surface area (Å²) in [4.78, 5) is 32.9. The Morgan fingerprint density at radius 3 is 2.50 bits per heavy atom. The summed E-state index contributed by atoms with van der Waals surface area (Å²) in [5.74, 6) is -1.49. The van der Waals surface area contributed by atoms with Gasteiger partial charge in [-0.1, -0.05) is 17.7 Å². The highest BCUT2D eigenvalue weighted by atomic mass is 35.5. The maximum absolute atomic E-state index is 13.6. The fourth-order valence-electron chi connectivity index (χ4n) is 3.89. The zero-order chi connectivity index (χ0) is 23.6. The maximum atomic E-state index is 13.6. The lowest BCUT2D eigenvalue weighted by Gasteiger charge is -2.30. The monoisotopic (exact) mass is 561 g/mol. The summed E-state index contributed by atoms with van der Waals surface area (Å²) < 4.78 is 26.2. The Morgan fingerprint density at radius 2 is 1.85 bits per heavy atom. The molecule has 0 aromatic carbocycles. The van der Waals surface area contributed by atoms with E-state index in [0.29, 0.717) is 9.21 Å². The van der Waals surface area contributed by atoms with Gasteiger partial charge in [0.25, 0.3) is 5.91 Å². The molecule has 0 saturated carbocycles. The highest BCUT2D eigenvalue weighted by Crippen LogP contribution is 2.46. The highest BCUT2D eigenvalue weighted by molar-refractivity contribution is 7.92. The summed E-state index contributed by atoms with van der Waals surface area (Å²) in [6.07, 6.45) is 1.05. The van der Waals surface area contributed by atoms with Crippen molar-refractivity contribution in [2.45, 2.75) is 17.6 Å². The van der Waals surface area contributed by atoms with E-state index < -0.39 is 26.9 Å². The van der Waals surface area contributed by atoms with Gasteiger partial charge in [0.15, 0.2) is 9.84 Å². The number of sulfone groups is 1. The Hall–Kier alpha value is -2.02. The molecule has 1 unspecified atom stereocenters. The van der Waals surface area contributed by atoms with Gasteiger partial charge in [0.05, 0.1) is 16.5 Å². The number of amides is 2. The van der Waals surface area contributed by atoms with Crippen molar-refractivity contribution in [2.24, 2.45) is 0 Å². The van der Waals surface area contributed by atoms with Crippen LogP contribution in [0.4, 0.5) is 0 Å². The van der Waals surface area contributed by atoms with Crippen molar-refractivity contribution < 1.29 is 23.2 Å². The lowest BCUT2D eigenvalue weighted by Crippen LogP contribution is -2.41.